The summed E-state index contributed by atoms with van der Waals surface area (Å²) in [6.45, 7) is 11.1. The molecule has 8 nitrogen and oxygen atoms in total. The molecule has 0 aliphatic carbocycles. The Balaban J connectivity index is 1.46. The fraction of sp³-hybridized carbons (Fsp3) is 0.486. The summed E-state index contributed by atoms with van der Waals surface area (Å²) in [6, 6.07) is 10.6. The van der Waals surface area contributed by atoms with Crippen molar-refractivity contribution < 1.29 is 19.1 Å². The average molecular weight is 647 g/mol. The molecule has 0 saturated carbocycles. The summed E-state index contributed by atoms with van der Waals surface area (Å²) in [6.07, 6.45) is 6.27. The first-order valence-electron chi connectivity index (χ1n) is 16.0. The molecule has 0 radical (unpaired) electrons. The standard InChI is InChI=1S/C35H42N4O4S2/c1-6-8-23(9-7-2)31-32(25-11-12-26-24(18-25)10-13-27(37-26)33-21(3)36-22(4)44-33)39(20-30(40)38-14-16-43-17-15-38)28-19-29(35(41)42-5)45-34(28)31/h10-13,18-19,23,28,34H,6-9,14-17,20H2,1-5H3. The van der Waals surface area contributed by atoms with Gasteiger partial charge in [-0.05, 0) is 68.0 Å². The topological polar surface area (TPSA) is 84.9 Å². The zero-order valence-electron chi connectivity index (χ0n) is 26.8. The number of aryl methyl sites for hydroxylation is 2. The summed E-state index contributed by atoms with van der Waals surface area (Å²) in [7, 11) is 1.43. The lowest BCUT2D eigenvalue weighted by atomic mass is 9.85. The van der Waals surface area contributed by atoms with Gasteiger partial charge in [-0.3, -0.25) is 4.79 Å². The van der Waals surface area contributed by atoms with E-state index in [1.54, 1.807) is 23.1 Å². The van der Waals surface area contributed by atoms with E-state index < -0.39 is 0 Å². The fourth-order valence-corrected chi connectivity index (χ4v) is 9.33. The van der Waals surface area contributed by atoms with Crippen LogP contribution in [0.3, 0.4) is 0 Å². The molecular formula is C35H42N4O4S2. The maximum Gasteiger partial charge on any atom is 0.344 e. The van der Waals surface area contributed by atoms with Crippen molar-refractivity contribution in [1.29, 1.82) is 0 Å². The number of carbonyl (C=O) groups is 2. The van der Waals surface area contributed by atoms with Crippen LogP contribution in [-0.4, -0.2) is 82.9 Å². The van der Waals surface area contributed by atoms with E-state index in [2.05, 4.69) is 54.1 Å². The maximum atomic E-state index is 13.8. The van der Waals surface area contributed by atoms with Crippen LogP contribution in [0.1, 0.15) is 55.8 Å². The van der Waals surface area contributed by atoms with Crippen molar-refractivity contribution in [2.45, 2.75) is 64.7 Å². The minimum absolute atomic E-state index is 0.0448. The highest BCUT2D eigenvalue weighted by Crippen LogP contribution is 2.53. The van der Waals surface area contributed by atoms with E-state index >= 15 is 0 Å². The largest absolute Gasteiger partial charge is 0.465 e. The molecule has 45 heavy (non-hydrogen) atoms. The second-order valence-corrected chi connectivity index (χ2v) is 14.4. The average Bonchev–Trinajstić information content (AvgIpc) is 3.72. The third-order valence-electron chi connectivity index (χ3n) is 8.98. The molecule has 10 heteroatoms. The van der Waals surface area contributed by atoms with Crippen LogP contribution in [-0.2, 0) is 19.1 Å². The van der Waals surface area contributed by atoms with Gasteiger partial charge in [-0.1, -0.05) is 38.8 Å². The van der Waals surface area contributed by atoms with Crippen LogP contribution >= 0.6 is 23.1 Å². The second-order valence-electron chi connectivity index (χ2n) is 12.0. The zero-order valence-corrected chi connectivity index (χ0v) is 28.4. The van der Waals surface area contributed by atoms with Crippen LogP contribution in [0.4, 0.5) is 0 Å². The number of thioether (sulfide) groups is 1. The SMILES string of the molecule is CCCC(CCC)C1=C(c2ccc3nc(-c4sc(C)nc4C)ccc3c2)N(CC(=O)N2CCOCC2)C2C=C(C(=O)OC)SC12. The Hall–Kier alpha value is -3.21. The molecule has 2 unspecified atom stereocenters. The van der Waals surface area contributed by atoms with Crippen LogP contribution in [0.25, 0.3) is 27.2 Å². The van der Waals surface area contributed by atoms with Crippen molar-refractivity contribution in [1.82, 2.24) is 19.8 Å². The van der Waals surface area contributed by atoms with E-state index in [1.165, 1.54) is 12.7 Å². The third kappa shape index (κ3) is 6.29. The van der Waals surface area contributed by atoms with Gasteiger partial charge in [0, 0.05) is 24.2 Å². The molecule has 3 aliphatic heterocycles. The molecule has 1 aromatic carbocycles. The monoisotopic (exact) mass is 646 g/mol. The summed E-state index contributed by atoms with van der Waals surface area (Å²) < 4.78 is 10.7. The van der Waals surface area contributed by atoms with Gasteiger partial charge in [0.05, 0.1) is 69.9 Å². The van der Waals surface area contributed by atoms with Crippen LogP contribution in [0.15, 0.2) is 46.9 Å². The molecule has 1 amide bonds. The molecule has 6 rings (SSSR count). The highest BCUT2D eigenvalue weighted by molar-refractivity contribution is 8.05. The second kappa shape index (κ2) is 13.6. The number of amides is 1. The first-order valence-corrected chi connectivity index (χ1v) is 17.7. The minimum atomic E-state index is -0.309. The van der Waals surface area contributed by atoms with Crippen molar-refractivity contribution in [2.24, 2.45) is 5.92 Å². The van der Waals surface area contributed by atoms with Crippen molar-refractivity contribution in [3.05, 3.63) is 63.2 Å². The molecule has 3 aromatic rings. The fourth-order valence-electron chi connectivity index (χ4n) is 6.98. The number of ether oxygens (including phenoxy) is 2. The number of rotatable bonds is 10. The number of hydrogen-bond donors (Lipinski definition) is 0. The molecule has 0 spiro atoms. The lowest BCUT2D eigenvalue weighted by Crippen LogP contribution is -2.46. The molecule has 2 aromatic heterocycles. The quantitative estimate of drug-likeness (QED) is 0.228. The summed E-state index contributed by atoms with van der Waals surface area (Å²) in [5, 5.41) is 2.14. The smallest absolute Gasteiger partial charge is 0.344 e. The summed E-state index contributed by atoms with van der Waals surface area (Å²) in [5.74, 6) is 0.124. The number of methoxy groups -OCH3 is 1. The summed E-state index contributed by atoms with van der Waals surface area (Å²) >= 11 is 3.27. The lowest BCUT2D eigenvalue weighted by Gasteiger charge is -2.32. The van der Waals surface area contributed by atoms with Crippen molar-refractivity contribution in [3.63, 3.8) is 0 Å². The van der Waals surface area contributed by atoms with E-state index in [-0.39, 0.29) is 29.7 Å². The third-order valence-corrected chi connectivity index (χ3v) is 11.4. The maximum absolute atomic E-state index is 13.8. The molecular weight excluding hydrogens is 605 g/mol. The van der Waals surface area contributed by atoms with Gasteiger partial charge in [-0.25, -0.2) is 14.8 Å². The molecule has 238 valence electrons. The Bertz CT molecular complexity index is 1650. The van der Waals surface area contributed by atoms with Gasteiger partial charge in [0.2, 0.25) is 5.91 Å². The van der Waals surface area contributed by atoms with Crippen LogP contribution in [0, 0.1) is 19.8 Å². The highest BCUT2D eigenvalue weighted by atomic mass is 32.2. The number of nitrogens with zero attached hydrogens (tertiary/aromatic N) is 4. The number of pyridine rings is 1. The number of carbonyl (C=O) groups excluding carboxylic acids is 2. The van der Waals surface area contributed by atoms with Gasteiger partial charge in [0.15, 0.2) is 0 Å². The molecule has 1 saturated heterocycles. The van der Waals surface area contributed by atoms with Gasteiger partial charge in [-0.15, -0.1) is 23.1 Å². The van der Waals surface area contributed by atoms with Crippen molar-refractivity contribution in [2.75, 3.05) is 40.0 Å². The lowest BCUT2D eigenvalue weighted by molar-refractivity contribution is -0.136. The van der Waals surface area contributed by atoms with Crippen LogP contribution in [0.5, 0.6) is 0 Å². The van der Waals surface area contributed by atoms with Crippen molar-refractivity contribution >= 4 is 51.6 Å². The number of benzene rings is 1. The van der Waals surface area contributed by atoms with E-state index in [0.29, 0.717) is 37.1 Å². The predicted octanol–water partition coefficient (Wildman–Crippen LogP) is 6.62. The van der Waals surface area contributed by atoms with Gasteiger partial charge >= 0.3 is 5.97 Å². The predicted molar refractivity (Wildman–Crippen MR) is 182 cm³/mol. The number of aromatic nitrogens is 2. The van der Waals surface area contributed by atoms with Crippen molar-refractivity contribution in [3.8, 4) is 10.6 Å². The van der Waals surface area contributed by atoms with Gasteiger partial charge in [-0.2, -0.15) is 0 Å². The zero-order chi connectivity index (χ0) is 31.7. The minimum Gasteiger partial charge on any atom is -0.465 e. The normalized spacial score (nSPS) is 19.9. The molecule has 2 atom stereocenters. The number of morpholine rings is 1. The van der Waals surface area contributed by atoms with Crippen LogP contribution < -0.4 is 0 Å². The molecule has 3 aliphatic rings. The molecule has 0 bridgehead atoms. The molecule has 5 heterocycles. The molecule has 0 N–H and O–H groups in total. The van der Waals surface area contributed by atoms with E-state index in [0.717, 1.165) is 69.1 Å². The Labute approximate surface area is 273 Å². The van der Waals surface area contributed by atoms with Gasteiger partial charge in [0.25, 0.3) is 0 Å². The first kappa shape index (κ1) is 31.8. The van der Waals surface area contributed by atoms with Gasteiger partial charge in [0.1, 0.15) is 0 Å². The first-order chi connectivity index (χ1) is 21.8. The van der Waals surface area contributed by atoms with E-state index in [4.69, 9.17) is 14.5 Å². The Morgan fingerprint density at radius 1 is 1.07 bits per heavy atom. The highest BCUT2D eigenvalue weighted by Gasteiger charge is 2.48. The number of thiazole rings is 1. The Morgan fingerprint density at radius 3 is 2.49 bits per heavy atom. The Morgan fingerprint density at radius 2 is 1.82 bits per heavy atom. The summed E-state index contributed by atoms with van der Waals surface area (Å²) in [5.41, 5.74) is 6.44. The Kier molecular flexibility index (Phi) is 9.63. The summed E-state index contributed by atoms with van der Waals surface area (Å²) in [4.78, 5) is 42.1. The van der Waals surface area contributed by atoms with E-state index in [1.807, 2.05) is 24.8 Å². The van der Waals surface area contributed by atoms with E-state index in [9.17, 15) is 9.59 Å². The van der Waals surface area contributed by atoms with Crippen LogP contribution in [0.2, 0.25) is 0 Å². The van der Waals surface area contributed by atoms with Gasteiger partial charge < -0.3 is 19.3 Å². The number of fused-ring (bicyclic) bond motifs is 2. The number of esters is 1. The number of hydrogen-bond acceptors (Lipinski definition) is 9. The molecule has 1 fully saturated rings.